The van der Waals surface area contributed by atoms with Gasteiger partial charge in [0.05, 0.1) is 6.04 Å². The summed E-state index contributed by atoms with van der Waals surface area (Å²) >= 11 is 0. The van der Waals surface area contributed by atoms with Crippen LogP contribution in [0.25, 0.3) is 5.57 Å². The number of rotatable bonds is 5. The fourth-order valence-electron chi connectivity index (χ4n) is 4.53. The van der Waals surface area contributed by atoms with Crippen molar-refractivity contribution in [3.05, 3.63) is 77.4 Å². The highest BCUT2D eigenvalue weighted by Gasteiger charge is 2.41. The zero-order valence-corrected chi connectivity index (χ0v) is 17.0. The Kier molecular flexibility index (Phi) is 5.33. The van der Waals surface area contributed by atoms with Crippen molar-refractivity contribution in [2.75, 3.05) is 11.4 Å². The van der Waals surface area contributed by atoms with Crippen molar-refractivity contribution in [1.29, 1.82) is 0 Å². The van der Waals surface area contributed by atoms with Gasteiger partial charge in [0, 0.05) is 29.4 Å². The van der Waals surface area contributed by atoms with E-state index in [0.717, 1.165) is 22.4 Å². The molecule has 1 amide bonds. The summed E-state index contributed by atoms with van der Waals surface area (Å²) in [5, 5.41) is 3.03. The van der Waals surface area contributed by atoms with Crippen LogP contribution < -0.4 is 15.0 Å². The lowest BCUT2D eigenvalue weighted by atomic mass is 9.96. The molecule has 0 radical (unpaired) electrons. The molecule has 0 saturated carbocycles. The number of carbonyl (C=O) groups is 1. The van der Waals surface area contributed by atoms with Gasteiger partial charge in [0.25, 0.3) is 5.91 Å². The van der Waals surface area contributed by atoms with Crippen molar-refractivity contribution in [3.8, 4) is 5.75 Å². The van der Waals surface area contributed by atoms with Gasteiger partial charge in [-0.15, -0.1) is 0 Å². The Hall–Kier alpha value is -3.15. The summed E-state index contributed by atoms with van der Waals surface area (Å²) in [5.74, 6) is -0.186. The number of halogens is 2. The Labute approximate surface area is 174 Å². The number of hydrogen-bond donors (Lipinski definition) is 1. The van der Waals surface area contributed by atoms with E-state index >= 15 is 0 Å². The lowest BCUT2D eigenvalue weighted by Crippen LogP contribution is -2.39. The summed E-state index contributed by atoms with van der Waals surface area (Å²) in [6.45, 7) is 5.52. The van der Waals surface area contributed by atoms with Crippen molar-refractivity contribution < 1.29 is 18.3 Å². The first kappa shape index (κ1) is 20.1. The summed E-state index contributed by atoms with van der Waals surface area (Å²) in [4.78, 5) is 14.9. The van der Waals surface area contributed by atoms with E-state index in [-0.39, 0.29) is 23.7 Å². The molecule has 0 aliphatic carbocycles. The fourth-order valence-corrected chi connectivity index (χ4v) is 4.53. The molecule has 6 heteroatoms. The number of anilines is 1. The standard InChI is InChI=1S/C24H24F2N2O2/c1-4-15(5-2)16-10-9-14(3)19(11-16)28-13-17-12-20(28)22-18(23(29)27-17)7-6-8-21(22)30-24(25)26/h4-11,17,20,24H,1,12-13H2,2-3H3,(H,27,29)/b15-5+. The molecule has 0 aromatic heterocycles. The summed E-state index contributed by atoms with van der Waals surface area (Å²) in [6.07, 6.45) is 4.44. The van der Waals surface area contributed by atoms with Crippen molar-refractivity contribution in [2.45, 2.75) is 39.0 Å². The SMILES string of the molecule is C=C/C(=C\C)c1ccc(C)c(N2CC3CC2c2c(OC(F)F)cccc2C(=O)N3)c1. The van der Waals surface area contributed by atoms with Crippen LogP contribution in [0.4, 0.5) is 14.5 Å². The Morgan fingerprint density at radius 1 is 1.33 bits per heavy atom. The van der Waals surface area contributed by atoms with Crippen LogP contribution in [0, 0.1) is 6.92 Å². The van der Waals surface area contributed by atoms with E-state index in [9.17, 15) is 13.6 Å². The van der Waals surface area contributed by atoms with Gasteiger partial charge in [0.15, 0.2) is 0 Å². The fraction of sp³-hybridized carbons (Fsp3) is 0.292. The minimum absolute atomic E-state index is 0.0595. The highest BCUT2D eigenvalue weighted by Crippen LogP contribution is 2.45. The summed E-state index contributed by atoms with van der Waals surface area (Å²) in [5.41, 5.74) is 5.05. The molecular weight excluding hydrogens is 386 g/mol. The zero-order chi connectivity index (χ0) is 21.4. The van der Waals surface area contributed by atoms with Gasteiger partial charge in [-0.25, -0.2) is 0 Å². The number of allylic oxidation sites excluding steroid dienone is 3. The maximum Gasteiger partial charge on any atom is 0.387 e. The molecule has 2 aromatic carbocycles. The second-order valence-corrected chi connectivity index (χ2v) is 7.62. The van der Waals surface area contributed by atoms with Gasteiger partial charge in [-0.2, -0.15) is 8.78 Å². The first-order chi connectivity index (χ1) is 14.4. The smallest absolute Gasteiger partial charge is 0.387 e. The first-order valence-corrected chi connectivity index (χ1v) is 9.98. The molecule has 4 nitrogen and oxygen atoms in total. The monoisotopic (exact) mass is 410 g/mol. The van der Waals surface area contributed by atoms with E-state index in [1.54, 1.807) is 12.1 Å². The van der Waals surface area contributed by atoms with Gasteiger partial charge in [-0.1, -0.05) is 36.9 Å². The average molecular weight is 410 g/mol. The summed E-state index contributed by atoms with van der Waals surface area (Å²) in [7, 11) is 0. The van der Waals surface area contributed by atoms with E-state index in [2.05, 4.69) is 28.9 Å². The summed E-state index contributed by atoms with van der Waals surface area (Å²) in [6, 6.07) is 10.6. The number of amides is 1. The summed E-state index contributed by atoms with van der Waals surface area (Å²) < 4.78 is 31.0. The number of hydrogen-bond acceptors (Lipinski definition) is 3. The van der Waals surface area contributed by atoms with Crippen molar-refractivity contribution in [1.82, 2.24) is 5.32 Å². The zero-order valence-electron chi connectivity index (χ0n) is 17.0. The highest BCUT2D eigenvalue weighted by molar-refractivity contribution is 5.98. The second kappa shape index (κ2) is 7.94. The molecule has 30 heavy (non-hydrogen) atoms. The molecule has 1 fully saturated rings. The Morgan fingerprint density at radius 3 is 2.83 bits per heavy atom. The van der Waals surface area contributed by atoms with Crippen LogP contribution in [-0.2, 0) is 0 Å². The Balaban J connectivity index is 1.84. The minimum atomic E-state index is -2.96. The van der Waals surface area contributed by atoms with Gasteiger partial charge in [-0.3, -0.25) is 4.79 Å². The van der Waals surface area contributed by atoms with E-state index in [0.29, 0.717) is 24.1 Å². The van der Waals surface area contributed by atoms with Crippen LogP contribution in [0.3, 0.4) is 0 Å². The molecule has 2 atom stereocenters. The molecule has 1 N–H and O–H groups in total. The van der Waals surface area contributed by atoms with Crippen molar-refractivity contribution in [2.24, 2.45) is 0 Å². The Morgan fingerprint density at radius 2 is 2.13 bits per heavy atom. The molecule has 2 heterocycles. The molecule has 2 unspecified atom stereocenters. The van der Waals surface area contributed by atoms with E-state index < -0.39 is 6.61 Å². The van der Waals surface area contributed by atoms with Gasteiger partial charge in [0.2, 0.25) is 0 Å². The third kappa shape index (κ3) is 3.47. The lowest BCUT2D eigenvalue weighted by Gasteiger charge is -2.32. The molecule has 2 aromatic rings. The number of carbonyl (C=O) groups excluding carboxylic acids is 1. The second-order valence-electron chi connectivity index (χ2n) is 7.62. The van der Waals surface area contributed by atoms with E-state index in [4.69, 9.17) is 4.74 Å². The van der Waals surface area contributed by atoms with Crippen LogP contribution in [-0.4, -0.2) is 25.1 Å². The van der Waals surface area contributed by atoms with Gasteiger partial charge >= 0.3 is 6.61 Å². The topological polar surface area (TPSA) is 41.6 Å². The van der Waals surface area contributed by atoms with Crippen LogP contribution in [0.5, 0.6) is 5.75 Å². The molecule has 2 bridgehead atoms. The molecule has 0 spiro atoms. The largest absolute Gasteiger partial charge is 0.434 e. The highest BCUT2D eigenvalue weighted by atomic mass is 19.3. The maximum absolute atomic E-state index is 13.1. The molecule has 2 aliphatic rings. The van der Waals surface area contributed by atoms with Crippen molar-refractivity contribution in [3.63, 3.8) is 0 Å². The van der Waals surface area contributed by atoms with Crippen LogP contribution in [0.1, 0.15) is 46.4 Å². The number of ether oxygens (including phenoxy) is 1. The quantitative estimate of drug-likeness (QED) is 0.685. The number of nitrogens with one attached hydrogen (secondary N) is 1. The van der Waals surface area contributed by atoms with Crippen LogP contribution in [0.2, 0.25) is 0 Å². The third-order valence-corrected chi connectivity index (χ3v) is 5.88. The van der Waals surface area contributed by atoms with Crippen LogP contribution >= 0.6 is 0 Å². The van der Waals surface area contributed by atoms with E-state index in [1.807, 2.05) is 32.1 Å². The predicted molar refractivity (Wildman–Crippen MR) is 114 cm³/mol. The van der Waals surface area contributed by atoms with Crippen molar-refractivity contribution >= 4 is 17.2 Å². The normalized spacial score (nSPS) is 20.6. The number of aryl methyl sites for hydroxylation is 1. The first-order valence-electron chi connectivity index (χ1n) is 9.98. The molecule has 1 saturated heterocycles. The minimum Gasteiger partial charge on any atom is -0.434 e. The maximum atomic E-state index is 13.1. The number of alkyl halides is 2. The van der Waals surface area contributed by atoms with Gasteiger partial charge in [-0.05, 0) is 55.2 Å². The number of nitrogens with zero attached hydrogens (tertiary/aromatic N) is 1. The predicted octanol–water partition coefficient (Wildman–Crippen LogP) is 5.25. The molecule has 2 aliphatic heterocycles. The van der Waals surface area contributed by atoms with E-state index in [1.165, 1.54) is 6.07 Å². The number of fused-ring (bicyclic) bond motifs is 4. The average Bonchev–Trinajstić information content (AvgIpc) is 3.05. The van der Waals surface area contributed by atoms with Crippen LogP contribution in [0.15, 0.2) is 55.1 Å². The van der Waals surface area contributed by atoms with Gasteiger partial charge < -0.3 is 15.0 Å². The molecular formula is C24H24F2N2O2. The number of benzene rings is 2. The van der Waals surface area contributed by atoms with Gasteiger partial charge in [0.1, 0.15) is 5.75 Å². The molecule has 156 valence electrons. The molecule has 4 rings (SSSR count). The Bertz CT molecular complexity index is 1030. The lowest BCUT2D eigenvalue weighted by molar-refractivity contribution is -0.0506. The third-order valence-electron chi connectivity index (χ3n) is 5.88.